The van der Waals surface area contributed by atoms with Gasteiger partial charge in [-0.25, -0.2) is 4.39 Å². The number of hydrogen-bond donors (Lipinski definition) is 2. The van der Waals surface area contributed by atoms with Gasteiger partial charge in [0.1, 0.15) is 0 Å². The van der Waals surface area contributed by atoms with Crippen LogP contribution >= 0.6 is 11.6 Å². The predicted octanol–water partition coefficient (Wildman–Crippen LogP) is 7.20. The van der Waals surface area contributed by atoms with Crippen molar-refractivity contribution in [3.8, 4) is 0 Å². The van der Waals surface area contributed by atoms with Gasteiger partial charge in [-0.05, 0) is 49.6 Å². The second kappa shape index (κ2) is 9.33. The van der Waals surface area contributed by atoms with Gasteiger partial charge in [0.05, 0.1) is 34.2 Å². The van der Waals surface area contributed by atoms with Crippen molar-refractivity contribution in [2.45, 2.75) is 43.3 Å². The van der Waals surface area contributed by atoms with E-state index in [4.69, 9.17) is 16.0 Å². The average molecular weight is 563 g/mol. The first-order valence-electron chi connectivity index (χ1n) is 11.0. The van der Waals surface area contributed by atoms with Gasteiger partial charge >= 0.3 is 18.0 Å². The summed E-state index contributed by atoms with van der Waals surface area (Å²) in [5, 5.41) is 5.10. The number of rotatable bonds is 6. The number of halogens is 8. The molecule has 3 aromatic rings. The largest absolute Gasteiger partial charge is 0.472 e. The topological polar surface area (TPSA) is 71.3 Å². The summed E-state index contributed by atoms with van der Waals surface area (Å²) in [6.07, 6.45) is -8.41. The van der Waals surface area contributed by atoms with Gasteiger partial charge in [0.2, 0.25) is 0 Å². The highest BCUT2D eigenvalue weighted by molar-refractivity contribution is 6.35. The standard InChI is InChI=1S/C25H18ClF7N2O3/c1-13-11-14(23(27,24(28,29)30)25(31,32)33)5-6-18(13)34-20(36)16-3-2-4-17(26)19(16)21(37)35-22(8-9-22)15-7-10-38-12-15/h2-7,10-12H,8-9H2,1H3,(H,34,36)(H,35,37). The van der Waals surface area contributed by atoms with Gasteiger partial charge in [0.15, 0.2) is 0 Å². The number of carbonyl (C=O) groups is 2. The monoisotopic (exact) mass is 562 g/mol. The van der Waals surface area contributed by atoms with Gasteiger partial charge in [-0.1, -0.05) is 29.8 Å². The molecule has 0 aliphatic heterocycles. The van der Waals surface area contributed by atoms with Crippen LogP contribution in [-0.4, -0.2) is 24.2 Å². The fraction of sp³-hybridized carbons (Fsp3) is 0.280. The first kappa shape index (κ1) is 27.5. The maximum absolute atomic E-state index is 14.4. The molecule has 1 saturated carbocycles. The molecule has 1 aliphatic rings. The third kappa shape index (κ3) is 4.72. The Kier molecular flexibility index (Phi) is 6.75. The number of carbonyl (C=O) groups excluding carboxylic acids is 2. The minimum absolute atomic E-state index is 0.0669. The minimum Gasteiger partial charge on any atom is -0.472 e. The zero-order chi connectivity index (χ0) is 28.1. The fourth-order valence-corrected chi connectivity index (χ4v) is 4.33. The van der Waals surface area contributed by atoms with Crippen LogP contribution in [0.3, 0.4) is 0 Å². The van der Waals surface area contributed by atoms with Crippen LogP contribution in [0.2, 0.25) is 5.02 Å². The zero-order valence-corrected chi connectivity index (χ0v) is 20.1. The lowest BCUT2D eigenvalue weighted by atomic mass is 9.92. The number of alkyl halides is 7. The summed E-state index contributed by atoms with van der Waals surface area (Å²) in [6, 6.07) is 7.08. The Bertz CT molecular complexity index is 1370. The van der Waals surface area contributed by atoms with Gasteiger partial charge in [-0.15, -0.1) is 0 Å². The minimum atomic E-state index is -6.28. The summed E-state index contributed by atoms with van der Waals surface area (Å²) in [4.78, 5) is 26.2. The molecule has 2 N–H and O–H groups in total. The van der Waals surface area contributed by atoms with E-state index in [0.717, 1.165) is 18.6 Å². The summed E-state index contributed by atoms with van der Waals surface area (Å²) in [7, 11) is 0. The molecule has 5 nitrogen and oxygen atoms in total. The Hall–Kier alpha value is -3.54. The zero-order valence-electron chi connectivity index (χ0n) is 19.4. The number of anilines is 1. The molecule has 0 atom stereocenters. The first-order valence-corrected chi connectivity index (χ1v) is 11.4. The van der Waals surface area contributed by atoms with Crippen LogP contribution in [0.5, 0.6) is 0 Å². The highest BCUT2D eigenvalue weighted by Gasteiger charge is 2.73. The van der Waals surface area contributed by atoms with E-state index in [1.807, 2.05) is 0 Å². The van der Waals surface area contributed by atoms with Gasteiger partial charge in [-0.2, -0.15) is 26.3 Å². The van der Waals surface area contributed by atoms with Crippen molar-refractivity contribution < 1.29 is 44.7 Å². The lowest BCUT2D eigenvalue weighted by Gasteiger charge is -2.30. The van der Waals surface area contributed by atoms with Gasteiger partial charge < -0.3 is 15.1 Å². The van der Waals surface area contributed by atoms with Crippen molar-refractivity contribution in [3.63, 3.8) is 0 Å². The highest BCUT2D eigenvalue weighted by Crippen LogP contribution is 2.53. The number of furan rings is 1. The molecule has 2 aromatic carbocycles. The first-order chi connectivity index (χ1) is 17.6. The van der Waals surface area contributed by atoms with E-state index in [1.165, 1.54) is 30.7 Å². The molecule has 1 fully saturated rings. The lowest BCUT2D eigenvalue weighted by molar-refractivity contribution is -0.348. The molecule has 1 aliphatic carbocycles. The lowest BCUT2D eigenvalue weighted by Crippen LogP contribution is -2.50. The van der Waals surface area contributed by atoms with E-state index in [0.29, 0.717) is 18.9 Å². The van der Waals surface area contributed by atoms with Crippen LogP contribution in [0.1, 0.15) is 50.2 Å². The Labute approximate surface area is 216 Å². The highest BCUT2D eigenvalue weighted by atomic mass is 35.5. The van der Waals surface area contributed by atoms with E-state index < -0.39 is 40.9 Å². The number of benzene rings is 2. The van der Waals surface area contributed by atoms with Crippen LogP contribution in [0.25, 0.3) is 0 Å². The Morgan fingerprint density at radius 2 is 1.61 bits per heavy atom. The molecular formula is C25H18ClF7N2O3. The molecule has 0 unspecified atom stereocenters. The van der Waals surface area contributed by atoms with Crippen LogP contribution < -0.4 is 10.6 Å². The number of hydrogen-bond acceptors (Lipinski definition) is 3. The Balaban J connectivity index is 1.62. The normalized spacial score (nSPS) is 15.2. The summed E-state index contributed by atoms with van der Waals surface area (Å²) in [5.74, 6) is -1.59. The van der Waals surface area contributed by atoms with Crippen molar-refractivity contribution in [2.75, 3.05) is 5.32 Å². The van der Waals surface area contributed by atoms with E-state index in [-0.39, 0.29) is 33.5 Å². The quantitative estimate of drug-likeness (QED) is 0.312. The third-order valence-corrected chi connectivity index (χ3v) is 6.63. The molecule has 1 heterocycles. The van der Waals surface area contributed by atoms with Crippen molar-refractivity contribution in [3.05, 3.63) is 87.8 Å². The van der Waals surface area contributed by atoms with Gasteiger partial charge in [-0.3, -0.25) is 9.59 Å². The molecule has 0 spiro atoms. The summed E-state index contributed by atoms with van der Waals surface area (Å²) in [6.45, 7) is 1.10. The Morgan fingerprint density at radius 1 is 0.947 bits per heavy atom. The van der Waals surface area contributed by atoms with E-state index in [2.05, 4.69) is 10.6 Å². The van der Waals surface area contributed by atoms with E-state index >= 15 is 0 Å². The number of aryl methyl sites for hydroxylation is 1. The van der Waals surface area contributed by atoms with Crippen LogP contribution in [0, 0.1) is 6.92 Å². The second-order valence-corrected chi connectivity index (χ2v) is 9.26. The van der Waals surface area contributed by atoms with Crippen molar-refractivity contribution in [1.82, 2.24) is 5.32 Å². The van der Waals surface area contributed by atoms with E-state index in [1.54, 1.807) is 6.07 Å². The maximum atomic E-state index is 14.4. The molecule has 202 valence electrons. The summed E-state index contributed by atoms with van der Waals surface area (Å²) < 4.78 is 98.1. The summed E-state index contributed by atoms with van der Waals surface area (Å²) in [5.41, 5.74) is -8.14. The molecule has 38 heavy (non-hydrogen) atoms. The maximum Gasteiger partial charge on any atom is 0.435 e. The number of amides is 2. The predicted molar refractivity (Wildman–Crippen MR) is 123 cm³/mol. The van der Waals surface area contributed by atoms with Gasteiger partial charge in [0.25, 0.3) is 11.8 Å². The fourth-order valence-electron chi connectivity index (χ4n) is 4.07. The number of nitrogens with one attached hydrogen (secondary N) is 2. The van der Waals surface area contributed by atoms with Crippen LogP contribution in [-0.2, 0) is 11.2 Å². The smallest absolute Gasteiger partial charge is 0.435 e. The van der Waals surface area contributed by atoms with Gasteiger partial charge in [0, 0.05) is 16.8 Å². The van der Waals surface area contributed by atoms with Crippen LogP contribution in [0.15, 0.2) is 59.4 Å². The average Bonchev–Trinajstić information content (AvgIpc) is 3.36. The van der Waals surface area contributed by atoms with Crippen molar-refractivity contribution in [2.24, 2.45) is 0 Å². The molecule has 0 radical (unpaired) electrons. The van der Waals surface area contributed by atoms with Crippen molar-refractivity contribution in [1.29, 1.82) is 0 Å². The molecule has 1 aromatic heterocycles. The molecule has 0 bridgehead atoms. The SMILES string of the molecule is Cc1cc(C(F)(C(F)(F)F)C(F)(F)F)ccc1NC(=O)c1cccc(Cl)c1C(=O)NC1(c2ccoc2)CC1. The molecule has 0 saturated heterocycles. The third-order valence-electron chi connectivity index (χ3n) is 6.32. The molecule has 13 heteroatoms. The van der Waals surface area contributed by atoms with Crippen LogP contribution in [0.4, 0.5) is 36.4 Å². The van der Waals surface area contributed by atoms with Crippen molar-refractivity contribution >= 4 is 29.1 Å². The molecule has 2 amide bonds. The summed E-state index contributed by atoms with van der Waals surface area (Å²) >= 11 is 6.22. The Morgan fingerprint density at radius 3 is 2.13 bits per heavy atom. The molecular weight excluding hydrogens is 545 g/mol. The second-order valence-electron chi connectivity index (χ2n) is 8.85. The van der Waals surface area contributed by atoms with E-state index in [9.17, 15) is 40.3 Å². The molecule has 4 rings (SSSR count).